The van der Waals surface area contributed by atoms with Gasteiger partial charge in [-0.3, -0.25) is 0 Å². The lowest BCUT2D eigenvalue weighted by molar-refractivity contribution is 0.516. The third-order valence-electron chi connectivity index (χ3n) is 3.09. The number of rotatable bonds is 2. The number of nitriles is 2. The van der Waals surface area contributed by atoms with Crippen molar-refractivity contribution in [1.82, 2.24) is 0 Å². The third-order valence-corrected chi connectivity index (χ3v) is 4.57. The van der Waals surface area contributed by atoms with Gasteiger partial charge in [0.1, 0.15) is 12.1 Å². The Bertz CT molecular complexity index is 444. The summed E-state index contributed by atoms with van der Waals surface area (Å²) in [6, 6.07) is 9.75. The second-order valence-electron chi connectivity index (χ2n) is 4.28. The molecule has 0 heterocycles. The normalized spacial score (nSPS) is 16.1. The Morgan fingerprint density at radius 3 is 2.12 bits per heavy atom. The minimum Gasteiger partial charge on any atom is -0.192 e. The van der Waals surface area contributed by atoms with Crippen molar-refractivity contribution >= 4 is 11.8 Å². The van der Waals surface area contributed by atoms with Gasteiger partial charge in [-0.05, 0) is 25.0 Å². The van der Waals surface area contributed by atoms with Gasteiger partial charge in [-0.2, -0.15) is 10.5 Å². The van der Waals surface area contributed by atoms with E-state index in [4.69, 9.17) is 10.5 Å². The van der Waals surface area contributed by atoms with E-state index in [1.165, 1.54) is 32.1 Å². The maximum absolute atomic E-state index is 9.10. The highest BCUT2D eigenvalue weighted by Gasteiger charge is 2.18. The van der Waals surface area contributed by atoms with Crippen molar-refractivity contribution < 1.29 is 0 Å². The quantitative estimate of drug-likeness (QED) is 0.791. The minimum absolute atomic E-state index is 0.574. The highest BCUT2D eigenvalue weighted by molar-refractivity contribution is 8.00. The Morgan fingerprint density at radius 2 is 1.59 bits per heavy atom. The largest absolute Gasteiger partial charge is 0.192 e. The lowest BCUT2D eigenvalue weighted by Gasteiger charge is -2.21. The van der Waals surface area contributed by atoms with E-state index in [0.29, 0.717) is 16.4 Å². The van der Waals surface area contributed by atoms with E-state index in [0.717, 1.165) is 4.90 Å². The van der Waals surface area contributed by atoms with E-state index < -0.39 is 0 Å². The molecule has 86 valence electrons. The van der Waals surface area contributed by atoms with Gasteiger partial charge in [0.25, 0.3) is 0 Å². The van der Waals surface area contributed by atoms with E-state index in [9.17, 15) is 0 Å². The summed E-state index contributed by atoms with van der Waals surface area (Å²) < 4.78 is 0. The van der Waals surface area contributed by atoms with Gasteiger partial charge in [0, 0.05) is 10.1 Å². The summed E-state index contributed by atoms with van der Waals surface area (Å²) in [4.78, 5) is 0.879. The smallest absolute Gasteiger partial charge is 0.100 e. The number of hydrogen-bond donors (Lipinski definition) is 0. The Hall–Kier alpha value is -1.45. The van der Waals surface area contributed by atoms with E-state index >= 15 is 0 Å². The third kappa shape index (κ3) is 2.81. The predicted molar refractivity (Wildman–Crippen MR) is 68.6 cm³/mol. The molecule has 0 saturated heterocycles. The molecule has 17 heavy (non-hydrogen) atoms. The van der Waals surface area contributed by atoms with Crippen molar-refractivity contribution in [3.63, 3.8) is 0 Å². The van der Waals surface area contributed by atoms with Gasteiger partial charge in [0.2, 0.25) is 0 Å². The monoisotopic (exact) mass is 242 g/mol. The van der Waals surface area contributed by atoms with Gasteiger partial charge in [-0.25, -0.2) is 0 Å². The fourth-order valence-corrected chi connectivity index (χ4v) is 3.57. The Kier molecular flexibility index (Phi) is 4.07. The van der Waals surface area contributed by atoms with Crippen molar-refractivity contribution in [2.75, 3.05) is 0 Å². The lowest BCUT2D eigenvalue weighted by atomic mass is 10.0. The molecule has 1 aliphatic rings. The molecule has 0 aromatic heterocycles. The highest BCUT2D eigenvalue weighted by atomic mass is 32.2. The molecule has 2 rings (SSSR count). The molecule has 0 amide bonds. The zero-order valence-electron chi connectivity index (χ0n) is 9.65. The second-order valence-corrected chi connectivity index (χ2v) is 5.59. The highest BCUT2D eigenvalue weighted by Crippen LogP contribution is 2.36. The van der Waals surface area contributed by atoms with E-state index in [1.54, 1.807) is 30.0 Å². The molecule has 0 unspecified atom stereocenters. The summed E-state index contributed by atoms with van der Waals surface area (Å²) in [6.45, 7) is 0. The second kappa shape index (κ2) is 5.75. The average molecular weight is 242 g/mol. The van der Waals surface area contributed by atoms with Crippen LogP contribution in [-0.2, 0) is 0 Å². The molecule has 1 aromatic rings. The molecule has 1 saturated carbocycles. The van der Waals surface area contributed by atoms with Crippen LogP contribution in [0.4, 0.5) is 0 Å². The molecule has 1 aromatic carbocycles. The summed E-state index contributed by atoms with van der Waals surface area (Å²) >= 11 is 1.72. The van der Waals surface area contributed by atoms with Crippen molar-refractivity contribution in [3.8, 4) is 12.1 Å². The van der Waals surface area contributed by atoms with Crippen LogP contribution in [0.25, 0.3) is 0 Å². The van der Waals surface area contributed by atoms with Crippen LogP contribution in [-0.4, -0.2) is 5.25 Å². The van der Waals surface area contributed by atoms with Gasteiger partial charge in [-0.15, -0.1) is 11.8 Å². The van der Waals surface area contributed by atoms with Crippen LogP contribution >= 0.6 is 11.8 Å². The summed E-state index contributed by atoms with van der Waals surface area (Å²) in [5.41, 5.74) is 1.28. The lowest BCUT2D eigenvalue weighted by Crippen LogP contribution is -2.08. The Balaban J connectivity index is 2.24. The summed E-state index contributed by atoms with van der Waals surface area (Å²) in [6.07, 6.45) is 6.27. The maximum atomic E-state index is 9.10. The maximum Gasteiger partial charge on any atom is 0.100 e. The van der Waals surface area contributed by atoms with E-state index in [1.807, 2.05) is 0 Å². The van der Waals surface area contributed by atoms with Crippen LogP contribution in [0.5, 0.6) is 0 Å². The fourth-order valence-electron chi connectivity index (χ4n) is 2.19. The van der Waals surface area contributed by atoms with Crippen LogP contribution < -0.4 is 0 Å². The summed E-state index contributed by atoms with van der Waals surface area (Å²) in [7, 11) is 0. The standard InChI is InChI=1S/C14H14N2S/c15-9-11-5-4-6-12(10-16)14(11)17-13-7-2-1-3-8-13/h4-6,13H,1-3,7-8H2. The minimum atomic E-state index is 0.574. The molecule has 0 bridgehead atoms. The van der Waals surface area contributed by atoms with Crippen LogP contribution in [0, 0.1) is 22.7 Å². The van der Waals surface area contributed by atoms with Crippen molar-refractivity contribution in [2.45, 2.75) is 42.2 Å². The topological polar surface area (TPSA) is 47.6 Å². The van der Waals surface area contributed by atoms with Gasteiger partial charge < -0.3 is 0 Å². The number of benzene rings is 1. The molecule has 0 radical (unpaired) electrons. The molecular formula is C14H14N2S. The predicted octanol–water partition coefficient (Wildman–Crippen LogP) is 3.85. The Labute approximate surface area is 106 Å². The Morgan fingerprint density at radius 1 is 1.00 bits per heavy atom. The van der Waals surface area contributed by atoms with Gasteiger partial charge in [0.05, 0.1) is 11.1 Å². The molecular weight excluding hydrogens is 228 g/mol. The first-order chi connectivity index (χ1) is 8.35. The molecule has 0 aliphatic heterocycles. The van der Waals surface area contributed by atoms with Gasteiger partial charge >= 0.3 is 0 Å². The van der Waals surface area contributed by atoms with Crippen LogP contribution in [0.3, 0.4) is 0 Å². The first-order valence-electron chi connectivity index (χ1n) is 5.95. The SMILES string of the molecule is N#Cc1cccc(C#N)c1SC1CCCCC1. The number of hydrogen-bond acceptors (Lipinski definition) is 3. The number of nitrogens with zero attached hydrogens (tertiary/aromatic N) is 2. The van der Waals surface area contributed by atoms with Crippen molar-refractivity contribution in [2.24, 2.45) is 0 Å². The molecule has 0 N–H and O–H groups in total. The molecule has 3 heteroatoms. The fraction of sp³-hybridized carbons (Fsp3) is 0.429. The molecule has 1 aliphatic carbocycles. The molecule has 0 atom stereocenters. The summed E-state index contributed by atoms with van der Waals surface area (Å²) in [5, 5.41) is 18.8. The molecule has 2 nitrogen and oxygen atoms in total. The first-order valence-corrected chi connectivity index (χ1v) is 6.83. The molecule has 0 spiro atoms. The average Bonchev–Trinajstić information content (AvgIpc) is 2.40. The van der Waals surface area contributed by atoms with Crippen LogP contribution in [0.1, 0.15) is 43.2 Å². The zero-order chi connectivity index (χ0) is 12.1. The van der Waals surface area contributed by atoms with Gasteiger partial charge in [0.15, 0.2) is 0 Å². The first kappa shape index (κ1) is 12.0. The van der Waals surface area contributed by atoms with E-state index in [2.05, 4.69) is 12.1 Å². The number of thioether (sulfide) groups is 1. The van der Waals surface area contributed by atoms with Gasteiger partial charge in [-0.1, -0.05) is 25.3 Å². The van der Waals surface area contributed by atoms with E-state index in [-0.39, 0.29) is 0 Å². The van der Waals surface area contributed by atoms with Crippen molar-refractivity contribution in [1.29, 1.82) is 10.5 Å². The van der Waals surface area contributed by atoms with Crippen LogP contribution in [0.2, 0.25) is 0 Å². The zero-order valence-corrected chi connectivity index (χ0v) is 10.5. The van der Waals surface area contributed by atoms with Crippen LogP contribution in [0.15, 0.2) is 23.1 Å². The summed E-state index contributed by atoms with van der Waals surface area (Å²) in [5.74, 6) is 0. The molecule has 1 fully saturated rings. The van der Waals surface area contributed by atoms with Crippen molar-refractivity contribution in [3.05, 3.63) is 29.3 Å².